The summed E-state index contributed by atoms with van der Waals surface area (Å²) in [5.41, 5.74) is 3.02. The number of nitrogens with zero attached hydrogens (tertiary/aromatic N) is 2. The van der Waals surface area contributed by atoms with Crippen molar-refractivity contribution in [3.63, 3.8) is 0 Å². The fourth-order valence-corrected chi connectivity index (χ4v) is 2.62. The third kappa shape index (κ3) is 2.26. The van der Waals surface area contributed by atoms with Crippen LogP contribution >= 0.6 is 15.9 Å². The Morgan fingerprint density at radius 3 is 2.85 bits per heavy atom. The number of amides is 1. The molecule has 2 aromatic carbocycles. The molecule has 0 bridgehead atoms. The van der Waals surface area contributed by atoms with Gasteiger partial charge in [-0.15, -0.1) is 0 Å². The predicted molar refractivity (Wildman–Crippen MR) is 80.9 cm³/mol. The fraction of sp³-hybridized carbons (Fsp3) is 0.0667. The number of halogens is 1. The van der Waals surface area contributed by atoms with Gasteiger partial charge in [-0.25, -0.2) is 0 Å². The van der Waals surface area contributed by atoms with E-state index in [1.165, 1.54) is 0 Å². The molecule has 0 fully saturated rings. The highest BCUT2D eigenvalue weighted by Crippen LogP contribution is 2.36. The van der Waals surface area contributed by atoms with E-state index in [2.05, 4.69) is 27.3 Å². The number of rotatable bonds is 1. The molecule has 1 aliphatic rings. The van der Waals surface area contributed by atoms with Crippen LogP contribution in [0.1, 0.15) is 5.56 Å². The lowest BCUT2D eigenvalue weighted by molar-refractivity contribution is -0.115. The highest BCUT2D eigenvalue weighted by atomic mass is 79.9. The first-order valence-corrected chi connectivity index (χ1v) is 6.84. The van der Waals surface area contributed by atoms with Gasteiger partial charge >= 0.3 is 0 Å². The Balaban J connectivity index is 2.11. The lowest BCUT2D eigenvalue weighted by Crippen LogP contribution is -2.35. The third-order valence-electron chi connectivity index (χ3n) is 3.11. The molecule has 3 rings (SSSR count). The summed E-state index contributed by atoms with van der Waals surface area (Å²) in [6.07, 6.45) is 0. The van der Waals surface area contributed by atoms with E-state index in [9.17, 15) is 4.79 Å². The van der Waals surface area contributed by atoms with Gasteiger partial charge < -0.3 is 10.2 Å². The topological polar surface area (TPSA) is 56.1 Å². The van der Waals surface area contributed by atoms with E-state index in [-0.39, 0.29) is 12.5 Å². The first-order chi connectivity index (χ1) is 9.67. The van der Waals surface area contributed by atoms with E-state index in [0.717, 1.165) is 15.8 Å². The summed E-state index contributed by atoms with van der Waals surface area (Å²) >= 11 is 3.44. The van der Waals surface area contributed by atoms with Crippen LogP contribution in [0.3, 0.4) is 0 Å². The van der Waals surface area contributed by atoms with Crippen LogP contribution in [0.4, 0.5) is 17.1 Å². The van der Waals surface area contributed by atoms with Gasteiger partial charge in [0.15, 0.2) is 0 Å². The maximum atomic E-state index is 11.8. The molecule has 0 aliphatic carbocycles. The highest BCUT2D eigenvalue weighted by molar-refractivity contribution is 9.10. The molecule has 2 aromatic rings. The maximum absolute atomic E-state index is 11.8. The molecule has 1 N–H and O–H groups in total. The van der Waals surface area contributed by atoms with Crippen molar-refractivity contribution in [2.75, 3.05) is 16.8 Å². The number of hydrogen-bond donors (Lipinski definition) is 1. The van der Waals surface area contributed by atoms with Gasteiger partial charge in [-0.3, -0.25) is 4.79 Å². The van der Waals surface area contributed by atoms with Crippen molar-refractivity contribution < 1.29 is 4.79 Å². The van der Waals surface area contributed by atoms with Crippen LogP contribution in [0.2, 0.25) is 0 Å². The third-order valence-corrected chi connectivity index (χ3v) is 3.61. The molecule has 20 heavy (non-hydrogen) atoms. The second-order valence-corrected chi connectivity index (χ2v) is 5.37. The number of carbonyl (C=O) groups is 1. The van der Waals surface area contributed by atoms with E-state index in [1.807, 2.05) is 35.2 Å². The molecule has 0 atom stereocenters. The molecule has 0 radical (unpaired) electrons. The summed E-state index contributed by atoms with van der Waals surface area (Å²) in [5, 5.41) is 11.7. The second kappa shape index (κ2) is 4.99. The Morgan fingerprint density at radius 2 is 2.10 bits per heavy atom. The first kappa shape index (κ1) is 12.7. The Kier molecular flexibility index (Phi) is 3.17. The van der Waals surface area contributed by atoms with Gasteiger partial charge in [0.1, 0.15) is 6.54 Å². The van der Waals surface area contributed by atoms with Crippen molar-refractivity contribution in [1.82, 2.24) is 0 Å². The monoisotopic (exact) mass is 327 g/mol. The number of anilines is 3. The minimum atomic E-state index is -0.0902. The normalized spacial score (nSPS) is 13.4. The highest BCUT2D eigenvalue weighted by Gasteiger charge is 2.23. The largest absolute Gasteiger partial charge is 0.330 e. The van der Waals surface area contributed by atoms with Crippen LogP contribution in [-0.2, 0) is 4.79 Å². The van der Waals surface area contributed by atoms with Gasteiger partial charge in [0.25, 0.3) is 0 Å². The van der Waals surface area contributed by atoms with Crippen molar-refractivity contribution in [2.45, 2.75) is 0 Å². The second-order valence-electron chi connectivity index (χ2n) is 4.46. The van der Waals surface area contributed by atoms with E-state index in [4.69, 9.17) is 5.26 Å². The van der Waals surface area contributed by atoms with Crippen molar-refractivity contribution in [3.05, 3.63) is 52.5 Å². The standard InChI is InChI=1S/C15H10BrN3O/c16-11-2-1-3-12(7-11)19-9-15(20)18-13-6-10(8-17)4-5-14(13)19/h1-7H,9H2,(H,18,20). The van der Waals surface area contributed by atoms with Gasteiger partial charge in [0, 0.05) is 10.2 Å². The number of hydrogen-bond acceptors (Lipinski definition) is 3. The van der Waals surface area contributed by atoms with Gasteiger partial charge in [-0.2, -0.15) is 5.26 Å². The van der Waals surface area contributed by atoms with Crippen LogP contribution in [0.15, 0.2) is 46.9 Å². The van der Waals surface area contributed by atoms with Crippen LogP contribution in [0.25, 0.3) is 0 Å². The van der Waals surface area contributed by atoms with Gasteiger partial charge in [0.05, 0.1) is 23.0 Å². The van der Waals surface area contributed by atoms with E-state index in [1.54, 1.807) is 12.1 Å². The van der Waals surface area contributed by atoms with Gasteiger partial charge in [-0.05, 0) is 36.4 Å². The minimum Gasteiger partial charge on any atom is -0.330 e. The zero-order valence-electron chi connectivity index (χ0n) is 10.4. The molecule has 0 unspecified atom stereocenters. The lowest BCUT2D eigenvalue weighted by Gasteiger charge is -2.31. The average Bonchev–Trinajstić information content (AvgIpc) is 2.45. The first-order valence-electron chi connectivity index (χ1n) is 6.04. The summed E-state index contributed by atoms with van der Waals surface area (Å²) in [5.74, 6) is -0.0902. The summed E-state index contributed by atoms with van der Waals surface area (Å²) in [6.45, 7) is 0.259. The Morgan fingerprint density at radius 1 is 1.25 bits per heavy atom. The molecule has 0 spiro atoms. The molecule has 4 nitrogen and oxygen atoms in total. The maximum Gasteiger partial charge on any atom is 0.244 e. The number of nitrogens with one attached hydrogen (secondary N) is 1. The summed E-state index contributed by atoms with van der Waals surface area (Å²) in [6, 6.07) is 15.1. The zero-order valence-corrected chi connectivity index (χ0v) is 12.0. The summed E-state index contributed by atoms with van der Waals surface area (Å²) in [4.78, 5) is 13.8. The minimum absolute atomic E-state index is 0.0902. The molecular weight excluding hydrogens is 318 g/mol. The summed E-state index contributed by atoms with van der Waals surface area (Å²) in [7, 11) is 0. The number of nitriles is 1. The fourth-order valence-electron chi connectivity index (χ4n) is 2.23. The van der Waals surface area contributed by atoms with E-state index in [0.29, 0.717) is 11.3 Å². The Bertz CT molecular complexity index is 736. The van der Waals surface area contributed by atoms with Crippen molar-refractivity contribution in [1.29, 1.82) is 5.26 Å². The number of benzene rings is 2. The van der Waals surface area contributed by atoms with Crippen molar-refractivity contribution in [2.24, 2.45) is 0 Å². The molecule has 5 heteroatoms. The Hall–Kier alpha value is -2.32. The number of fused-ring (bicyclic) bond motifs is 1. The molecule has 0 aromatic heterocycles. The van der Waals surface area contributed by atoms with E-state index >= 15 is 0 Å². The van der Waals surface area contributed by atoms with Crippen LogP contribution in [-0.4, -0.2) is 12.5 Å². The van der Waals surface area contributed by atoms with Gasteiger partial charge in [0.2, 0.25) is 5.91 Å². The van der Waals surface area contributed by atoms with Gasteiger partial charge in [-0.1, -0.05) is 22.0 Å². The van der Waals surface area contributed by atoms with Crippen molar-refractivity contribution in [3.8, 4) is 6.07 Å². The molecule has 1 amide bonds. The van der Waals surface area contributed by atoms with E-state index < -0.39 is 0 Å². The number of carbonyl (C=O) groups excluding carboxylic acids is 1. The molecule has 0 saturated carbocycles. The molecule has 1 aliphatic heterocycles. The van der Waals surface area contributed by atoms with Crippen molar-refractivity contribution >= 4 is 38.9 Å². The molecule has 98 valence electrons. The summed E-state index contributed by atoms with van der Waals surface area (Å²) < 4.78 is 0.955. The van der Waals surface area contributed by atoms with Crippen LogP contribution < -0.4 is 10.2 Å². The molecule has 0 saturated heterocycles. The van der Waals surface area contributed by atoms with Crippen LogP contribution in [0, 0.1) is 11.3 Å². The lowest BCUT2D eigenvalue weighted by atomic mass is 10.1. The Labute approximate surface area is 124 Å². The molecular formula is C15H10BrN3O. The zero-order chi connectivity index (χ0) is 14.1. The average molecular weight is 328 g/mol. The SMILES string of the molecule is N#Cc1ccc2c(c1)NC(=O)CN2c1cccc(Br)c1. The van der Waals surface area contributed by atoms with Crippen LogP contribution in [0.5, 0.6) is 0 Å². The smallest absolute Gasteiger partial charge is 0.244 e. The molecule has 1 heterocycles. The predicted octanol–water partition coefficient (Wildman–Crippen LogP) is 3.41. The quantitative estimate of drug-likeness (QED) is 0.873.